The van der Waals surface area contributed by atoms with Gasteiger partial charge in [-0.3, -0.25) is 9.48 Å². The van der Waals surface area contributed by atoms with E-state index in [-0.39, 0.29) is 5.78 Å². The quantitative estimate of drug-likeness (QED) is 0.241. The van der Waals surface area contributed by atoms with Crippen LogP contribution in [0.25, 0.3) is 11.4 Å². The molecule has 0 aliphatic rings. The number of methoxy groups -OCH3 is 1. The molecule has 12 heteroatoms. The van der Waals surface area contributed by atoms with E-state index in [1.165, 1.54) is 20.0 Å². The van der Waals surface area contributed by atoms with Crippen LogP contribution in [0, 0.1) is 6.92 Å². The van der Waals surface area contributed by atoms with Crippen molar-refractivity contribution in [2.24, 2.45) is 7.05 Å². The van der Waals surface area contributed by atoms with Gasteiger partial charge in [-0.1, -0.05) is 13.0 Å². The van der Waals surface area contributed by atoms with Gasteiger partial charge in [0.2, 0.25) is 0 Å². The van der Waals surface area contributed by atoms with Crippen LogP contribution in [-0.4, -0.2) is 61.4 Å². The first-order chi connectivity index (χ1) is 19.4. The maximum atomic E-state index is 12.9. The summed E-state index contributed by atoms with van der Waals surface area (Å²) in [6, 6.07) is 10.7. The van der Waals surface area contributed by atoms with Gasteiger partial charge in [0.05, 0.1) is 35.3 Å². The minimum absolute atomic E-state index is 0.0658. The molecule has 0 amide bonds. The Kier molecular flexibility index (Phi) is 8.22. The zero-order valence-corrected chi connectivity index (χ0v) is 24.1. The predicted molar refractivity (Wildman–Crippen MR) is 155 cm³/mol. The van der Waals surface area contributed by atoms with Crippen LogP contribution in [0.4, 0.5) is 23.0 Å². The summed E-state index contributed by atoms with van der Waals surface area (Å²) in [5, 5.41) is 17.0. The number of nitrogens with one attached hydrogen (secondary N) is 1. The van der Waals surface area contributed by atoms with E-state index < -0.39 is 11.6 Å². The summed E-state index contributed by atoms with van der Waals surface area (Å²) in [6.45, 7) is 6.47. The molecule has 12 nitrogen and oxygen atoms in total. The second kappa shape index (κ2) is 11.6. The number of pyridine rings is 2. The monoisotopic (exact) mass is 559 g/mol. The standard InChI is InChI=1S/C29H33N7O5/c1-8-22(37)19-15-30-25(33-24-13-12-23(17(2)32-24)41-29(3,4)28(38)39)14-21(19)36(6)20-11-9-10-18(26(20)40-7)27-31-16-35(5)34-27/h9-16H,8H2,1-7H3,(H,38,39)(H,30,32,33). The second-order valence-corrected chi connectivity index (χ2v) is 9.84. The number of Topliss-reactive ketones (excluding diaryl/α,β-unsaturated/α-hetero) is 1. The van der Waals surface area contributed by atoms with E-state index in [0.29, 0.717) is 63.6 Å². The van der Waals surface area contributed by atoms with Crippen molar-refractivity contribution in [3.05, 3.63) is 60.2 Å². The zero-order valence-electron chi connectivity index (χ0n) is 24.1. The molecule has 0 aliphatic carbocycles. The zero-order chi connectivity index (χ0) is 29.9. The number of benzene rings is 1. The third-order valence-electron chi connectivity index (χ3n) is 6.44. The van der Waals surface area contributed by atoms with Gasteiger partial charge in [-0.25, -0.2) is 19.7 Å². The van der Waals surface area contributed by atoms with E-state index in [9.17, 15) is 14.7 Å². The molecule has 1 aromatic carbocycles. The molecule has 0 saturated heterocycles. The molecule has 0 saturated carbocycles. The summed E-state index contributed by atoms with van der Waals surface area (Å²) in [4.78, 5) is 39.6. The fraction of sp³-hybridized carbons (Fsp3) is 0.310. The van der Waals surface area contributed by atoms with Crippen molar-refractivity contribution in [2.75, 3.05) is 24.4 Å². The first-order valence-corrected chi connectivity index (χ1v) is 12.9. The normalized spacial score (nSPS) is 11.2. The van der Waals surface area contributed by atoms with Crippen LogP contribution < -0.4 is 19.7 Å². The maximum Gasteiger partial charge on any atom is 0.347 e. The molecule has 4 rings (SSSR count). The molecular formula is C29H33N7O5. The number of carbonyl (C=O) groups excluding carboxylic acids is 1. The molecule has 2 N–H and O–H groups in total. The molecule has 0 radical (unpaired) electrons. The van der Waals surface area contributed by atoms with E-state index in [0.717, 1.165) is 0 Å². The number of anilines is 4. The Morgan fingerprint density at radius 1 is 1.12 bits per heavy atom. The van der Waals surface area contributed by atoms with Gasteiger partial charge >= 0.3 is 5.97 Å². The summed E-state index contributed by atoms with van der Waals surface area (Å²) in [5.74, 6) is 1.20. The molecule has 0 unspecified atom stereocenters. The SMILES string of the molecule is CCC(=O)c1cnc(Nc2ccc(OC(C)(C)C(=O)O)c(C)n2)cc1N(C)c1cccc(-c2ncn(C)n2)c1OC. The van der Waals surface area contributed by atoms with Crippen LogP contribution in [-0.2, 0) is 11.8 Å². The third kappa shape index (κ3) is 6.11. The minimum atomic E-state index is -1.41. The molecule has 41 heavy (non-hydrogen) atoms. The fourth-order valence-corrected chi connectivity index (χ4v) is 4.14. The molecule has 3 heterocycles. The van der Waals surface area contributed by atoms with E-state index in [4.69, 9.17) is 9.47 Å². The van der Waals surface area contributed by atoms with Crippen molar-refractivity contribution in [3.8, 4) is 22.9 Å². The van der Waals surface area contributed by atoms with Crippen LogP contribution in [0.1, 0.15) is 43.2 Å². The van der Waals surface area contributed by atoms with Crippen LogP contribution >= 0.6 is 0 Å². The summed E-state index contributed by atoms with van der Waals surface area (Å²) >= 11 is 0. The van der Waals surface area contributed by atoms with Crippen molar-refractivity contribution in [1.82, 2.24) is 24.7 Å². The lowest BCUT2D eigenvalue weighted by atomic mass is 10.1. The number of aromatic nitrogens is 5. The Balaban J connectivity index is 1.71. The smallest absolute Gasteiger partial charge is 0.347 e. The molecule has 0 fully saturated rings. The topological polar surface area (TPSA) is 145 Å². The average Bonchev–Trinajstić information content (AvgIpc) is 3.39. The number of ketones is 1. The van der Waals surface area contributed by atoms with Gasteiger partial charge in [0.25, 0.3) is 0 Å². The molecule has 0 bridgehead atoms. The number of nitrogens with zero attached hydrogens (tertiary/aromatic N) is 6. The van der Waals surface area contributed by atoms with Gasteiger partial charge in [-0.15, -0.1) is 0 Å². The van der Waals surface area contributed by atoms with Crippen molar-refractivity contribution in [1.29, 1.82) is 0 Å². The first-order valence-electron chi connectivity index (χ1n) is 12.9. The second-order valence-electron chi connectivity index (χ2n) is 9.84. The highest BCUT2D eigenvalue weighted by Crippen LogP contribution is 2.41. The van der Waals surface area contributed by atoms with Crippen LogP contribution in [0.3, 0.4) is 0 Å². The summed E-state index contributed by atoms with van der Waals surface area (Å²) in [5.41, 5.74) is 1.57. The summed E-state index contributed by atoms with van der Waals surface area (Å²) < 4.78 is 13.1. The Morgan fingerprint density at radius 2 is 1.88 bits per heavy atom. The van der Waals surface area contributed by atoms with Crippen LogP contribution in [0.15, 0.2) is 48.9 Å². The van der Waals surface area contributed by atoms with Gasteiger partial charge in [0, 0.05) is 32.8 Å². The van der Waals surface area contributed by atoms with Gasteiger partial charge in [-0.2, -0.15) is 5.10 Å². The molecule has 214 valence electrons. The van der Waals surface area contributed by atoms with E-state index in [2.05, 4.69) is 25.4 Å². The highest BCUT2D eigenvalue weighted by molar-refractivity contribution is 6.02. The number of aryl methyl sites for hydroxylation is 2. The molecule has 0 aliphatic heterocycles. The highest BCUT2D eigenvalue weighted by Gasteiger charge is 2.30. The van der Waals surface area contributed by atoms with Crippen molar-refractivity contribution in [3.63, 3.8) is 0 Å². The van der Waals surface area contributed by atoms with E-state index >= 15 is 0 Å². The first kappa shape index (κ1) is 29.0. The molecule has 4 aromatic rings. The van der Waals surface area contributed by atoms with Crippen LogP contribution in [0.2, 0.25) is 0 Å². The Morgan fingerprint density at radius 3 is 2.49 bits per heavy atom. The number of carboxylic acids is 1. The maximum absolute atomic E-state index is 12.9. The Labute approximate surface area is 238 Å². The van der Waals surface area contributed by atoms with Gasteiger partial charge in [0.15, 0.2) is 23.0 Å². The number of hydrogen-bond acceptors (Lipinski definition) is 10. The molecule has 3 aromatic heterocycles. The number of para-hydroxylation sites is 1. The third-order valence-corrected chi connectivity index (χ3v) is 6.44. The number of carbonyl (C=O) groups is 2. The summed E-state index contributed by atoms with van der Waals surface area (Å²) in [6.07, 6.45) is 3.46. The number of carboxylic acid groups (broad SMARTS) is 1. The van der Waals surface area contributed by atoms with Crippen molar-refractivity contribution in [2.45, 2.75) is 39.7 Å². The Hall–Kier alpha value is -5.00. The van der Waals surface area contributed by atoms with Crippen molar-refractivity contribution >= 4 is 34.8 Å². The lowest BCUT2D eigenvalue weighted by molar-refractivity contribution is -0.152. The fourth-order valence-electron chi connectivity index (χ4n) is 4.14. The molecular weight excluding hydrogens is 526 g/mol. The van der Waals surface area contributed by atoms with E-state index in [1.54, 1.807) is 57.2 Å². The number of rotatable bonds is 11. The minimum Gasteiger partial charge on any atom is -0.494 e. The lowest BCUT2D eigenvalue weighted by Crippen LogP contribution is -2.38. The number of ether oxygens (including phenoxy) is 2. The molecule has 0 spiro atoms. The lowest BCUT2D eigenvalue weighted by Gasteiger charge is -2.25. The van der Waals surface area contributed by atoms with Crippen molar-refractivity contribution < 1.29 is 24.2 Å². The summed E-state index contributed by atoms with van der Waals surface area (Å²) in [7, 11) is 5.22. The Bertz CT molecular complexity index is 1600. The van der Waals surface area contributed by atoms with Crippen LogP contribution in [0.5, 0.6) is 11.5 Å². The highest BCUT2D eigenvalue weighted by atomic mass is 16.5. The van der Waals surface area contributed by atoms with Gasteiger partial charge in [-0.05, 0) is 45.0 Å². The van der Waals surface area contributed by atoms with Gasteiger partial charge < -0.3 is 24.8 Å². The average molecular weight is 560 g/mol. The number of hydrogen-bond donors (Lipinski definition) is 2. The van der Waals surface area contributed by atoms with E-state index in [1.807, 2.05) is 30.1 Å². The molecule has 0 atom stereocenters. The van der Waals surface area contributed by atoms with Gasteiger partial charge in [0.1, 0.15) is 23.7 Å². The number of aliphatic carboxylic acids is 1. The largest absolute Gasteiger partial charge is 0.494 e. The predicted octanol–water partition coefficient (Wildman–Crippen LogP) is 4.94.